The minimum absolute atomic E-state index is 0.0850. The van der Waals surface area contributed by atoms with E-state index in [1.165, 1.54) is 30.7 Å². The Kier molecular flexibility index (Phi) is 3.20. The second kappa shape index (κ2) is 4.66. The van der Waals surface area contributed by atoms with Gasteiger partial charge in [0.25, 0.3) is 5.91 Å². The Bertz CT molecular complexity index is 659. The summed E-state index contributed by atoms with van der Waals surface area (Å²) in [6.45, 7) is 0. The van der Waals surface area contributed by atoms with Crippen LogP contribution in [-0.2, 0) is 9.84 Å². The van der Waals surface area contributed by atoms with Crippen molar-refractivity contribution in [3.63, 3.8) is 0 Å². The van der Waals surface area contributed by atoms with Gasteiger partial charge in [-0.15, -0.1) is 0 Å². The van der Waals surface area contributed by atoms with Gasteiger partial charge < -0.3 is 9.73 Å². The van der Waals surface area contributed by atoms with E-state index in [2.05, 4.69) is 5.32 Å². The summed E-state index contributed by atoms with van der Waals surface area (Å²) < 4.78 is 27.9. The fraction of sp³-hybridized carbons (Fsp3) is 0.0833. The van der Waals surface area contributed by atoms with E-state index in [0.29, 0.717) is 5.56 Å². The first-order valence-corrected chi connectivity index (χ1v) is 7.00. The van der Waals surface area contributed by atoms with E-state index in [9.17, 15) is 13.2 Å². The van der Waals surface area contributed by atoms with E-state index in [4.69, 9.17) is 4.42 Å². The van der Waals surface area contributed by atoms with Crippen molar-refractivity contribution in [3.8, 4) is 0 Å². The highest BCUT2D eigenvalue weighted by molar-refractivity contribution is 7.90. The average molecular weight is 265 g/mol. The van der Waals surface area contributed by atoms with Gasteiger partial charge in [-0.3, -0.25) is 4.79 Å². The zero-order valence-corrected chi connectivity index (χ0v) is 10.4. The molecule has 2 aromatic rings. The summed E-state index contributed by atoms with van der Waals surface area (Å²) in [4.78, 5) is 11.9. The van der Waals surface area contributed by atoms with Crippen LogP contribution in [0.4, 0.5) is 5.69 Å². The second-order valence-electron chi connectivity index (χ2n) is 3.73. The Balaban J connectivity index is 2.33. The smallest absolute Gasteiger partial charge is 0.258 e. The predicted molar refractivity (Wildman–Crippen MR) is 66.2 cm³/mol. The number of rotatable bonds is 3. The van der Waals surface area contributed by atoms with Crippen molar-refractivity contribution in [2.24, 2.45) is 0 Å². The van der Waals surface area contributed by atoms with Crippen LogP contribution in [0.3, 0.4) is 0 Å². The van der Waals surface area contributed by atoms with Crippen molar-refractivity contribution in [2.45, 2.75) is 4.90 Å². The van der Waals surface area contributed by atoms with Gasteiger partial charge in [-0.25, -0.2) is 8.42 Å². The average Bonchev–Trinajstić information content (AvgIpc) is 2.81. The van der Waals surface area contributed by atoms with Gasteiger partial charge in [0.1, 0.15) is 6.26 Å². The van der Waals surface area contributed by atoms with Crippen LogP contribution in [0.5, 0.6) is 0 Å². The molecule has 1 aromatic carbocycles. The number of amides is 1. The first kappa shape index (κ1) is 12.4. The van der Waals surface area contributed by atoms with E-state index in [-0.39, 0.29) is 10.6 Å². The van der Waals surface area contributed by atoms with Crippen LogP contribution in [-0.4, -0.2) is 20.6 Å². The predicted octanol–water partition coefficient (Wildman–Crippen LogP) is 1.94. The molecule has 0 aliphatic carbocycles. The van der Waals surface area contributed by atoms with Gasteiger partial charge in [0, 0.05) is 6.26 Å². The fourth-order valence-electron chi connectivity index (χ4n) is 1.48. The Hall–Kier alpha value is -2.08. The summed E-state index contributed by atoms with van der Waals surface area (Å²) in [7, 11) is -3.39. The molecule has 1 amide bonds. The molecular formula is C12H11NO4S. The number of benzene rings is 1. The molecular weight excluding hydrogens is 254 g/mol. The quantitative estimate of drug-likeness (QED) is 0.920. The van der Waals surface area contributed by atoms with Crippen molar-refractivity contribution in [2.75, 3.05) is 11.6 Å². The number of carbonyl (C=O) groups is 1. The van der Waals surface area contributed by atoms with Gasteiger partial charge in [0.2, 0.25) is 0 Å². The van der Waals surface area contributed by atoms with Crippen molar-refractivity contribution in [1.82, 2.24) is 0 Å². The molecule has 0 fully saturated rings. The minimum Gasteiger partial charge on any atom is -0.472 e. The molecule has 1 aromatic heterocycles. The number of para-hydroxylation sites is 1. The van der Waals surface area contributed by atoms with E-state index in [1.54, 1.807) is 12.1 Å². The molecule has 5 nitrogen and oxygen atoms in total. The summed E-state index contributed by atoms with van der Waals surface area (Å²) in [5.41, 5.74) is 0.588. The van der Waals surface area contributed by atoms with Gasteiger partial charge in [-0.05, 0) is 18.2 Å². The third-order valence-electron chi connectivity index (χ3n) is 2.32. The zero-order chi connectivity index (χ0) is 13.2. The molecule has 0 saturated carbocycles. The summed E-state index contributed by atoms with van der Waals surface area (Å²) in [6.07, 6.45) is 3.76. The zero-order valence-electron chi connectivity index (χ0n) is 9.58. The van der Waals surface area contributed by atoms with Crippen LogP contribution in [0.1, 0.15) is 10.4 Å². The van der Waals surface area contributed by atoms with Crippen LogP contribution in [0.25, 0.3) is 0 Å². The van der Waals surface area contributed by atoms with Crippen LogP contribution in [0, 0.1) is 0 Å². The van der Waals surface area contributed by atoms with Crippen molar-refractivity contribution < 1.29 is 17.6 Å². The Morgan fingerprint density at radius 2 is 1.94 bits per heavy atom. The number of hydrogen-bond acceptors (Lipinski definition) is 4. The van der Waals surface area contributed by atoms with Crippen LogP contribution in [0.15, 0.2) is 52.2 Å². The Morgan fingerprint density at radius 3 is 2.56 bits per heavy atom. The summed E-state index contributed by atoms with van der Waals surface area (Å²) >= 11 is 0. The first-order valence-electron chi connectivity index (χ1n) is 5.11. The highest BCUT2D eigenvalue weighted by Gasteiger charge is 2.15. The van der Waals surface area contributed by atoms with Crippen LogP contribution >= 0.6 is 0 Å². The largest absolute Gasteiger partial charge is 0.472 e. The van der Waals surface area contributed by atoms with E-state index in [1.807, 2.05) is 0 Å². The van der Waals surface area contributed by atoms with Crippen LogP contribution < -0.4 is 5.32 Å². The van der Waals surface area contributed by atoms with E-state index < -0.39 is 15.7 Å². The summed E-state index contributed by atoms with van der Waals surface area (Å²) in [6, 6.07) is 7.73. The number of anilines is 1. The normalized spacial score (nSPS) is 11.2. The number of nitrogens with one attached hydrogen (secondary N) is 1. The lowest BCUT2D eigenvalue weighted by Gasteiger charge is -2.08. The maximum Gasteiger partial charge on any atom is 0.258 e. The lowest BCUT2D eigenvalue weighted by Crippen LogP contribution is -2.13. The molecule has 94 valence electrons. The highest BCUT2D eigenvalue weighted by atomic mass is 32.2. The summed E-state index contributed by atoms with van der Waals surface area (Å²) in [5, 5.41) is 2.54. The summed E-state index contributed by atoms with van der Waals surface area (Å²) in [5.74, 6) is -0.417. The van der Waals surface area contributed by atoms with Crippen molar-refractivity contribution in [3.05, 3.63) is 48.4 Å². The second-order valence-corrected chi connectivity index (χ2v) is 5.72. The first-order chi connectivity index (χ1) is 8.48. The SMILES string of the molecule is CS(=O)(=O)c1ccccc1NC(=O)c1ccoc1. The highest BCUT2D eigenvalue weighted by Crippen LogP contribution is 2.21. The topological polar surface area (TPSA) is 76.4 Å². The lowest BCUT2D eigenvalue weighted by atomic mass is 10.3. The molecule has 18 heavy (non-hydrogen) atoms. The molecule has 1 N–H and O–H groups in total. The minimum atomic E-state index is -3.39. The fourth-order valence-corrected chi connectivity index (χ4v) is 2.33. The molecule has 1 heterocycles. The maximum absolute atomic E-state index is 11.8. The number of carbonyl (C=O) groups excluding carboxylic acids is 1. The van der Waals surface area contributed by atoms with Crippen molar-refractivity contribution >= 4 is 21.4 Å². The Labute approximate surface area is 104 Å². The van der Waals surface area contributed by atoms with E-state index in [0.717, 1.165) is 6.26 Å². The third-order valence-corrected chi connectivity index (χ3v) is 3.47. The lowest BCUT2D eigenvalue weighted by molar-refractivity contribution is 0.102. The molecule has 0 aliphatic heterocycles. The van der Waals surface area contributed by atoms with E-state index >= 15 is 0 Å². The molecule has 0 radical (unpaired) electrons. The van der Waals surface area contributed by atoms with Crippen molar-refractivity contribution in [1.29, 1.82) is 0 Å². The van der Waals surface area contributed by atoms with Gasteiger partial charge in [0.05, 0.1) is 22.4 Å². The molecule has 0 bridgehead atoms. The molecule has 0 atom stereocenters. The maximum atomic E-state index is 11.8. The molecule has 0 aliphatic rings. The molecule has 0 saturated heterocycles. The molecule has 2 rings (SSSR count). The number of sulfone groups is 1. The number of furan rings is 1. The molecule has 0 spiro atoms. The monoisotopic (exact) mass is 265 g/mol. The van der Waals surface area contributed by atoms with Gasteiger partial charge >= 0.3 is 0 Å². The standard InChI is InChI=1S/C12H11NO4S/c1-18(15,16)11-5-3-2-4-10(11)13-12(14)9-6-7-17-8-9/h2-8H,1H3,(H,13,14). The molecule has 0 unspecified atom stereocenters. The third kappa shape index (κ3) is 2.60. The number of hydrogen-bond donors (Lipinski definition) is 1. The van der Waals surface area contributed by atoms with Gasteiger partial charge in [-0.2, -0.15) is 0 Å². The Morgan fingerprint density at radius 1 is 1.22 bits per heavy atom. The van der Waals surface area contributed by atoms with Gasteiger partial charge in [-0.1, -0.05) is 12.1 Å². The van der Waals surface area contributed by atoms with Gasteiger partial charge in [0.15, 0.2) is 9.84 Å². The van der Waals surface area contributed by atoms with Crippen LogP contribution in [0.2, 0.25) is 0 Å². The molecule has 6 heteroatoms.